The molecule has 0 bridgehead atoms. The Labute approximate surface area is 80.5 Å². The van der Waals surface area contributed by atoms with Gasteiger partial charge in [-0.1, -0.05) is 13.8 Å². The number of likely N-dealkylation sites (N-methyl/N-ethyl adjacent to an activating group) is 1. The number of nitrogens with one attached hydrogen (secondary N) is 1. The van der Waals surface area contributed by atoms with Crippen molar-refractivity contribution in [2.45, 2.75) is 26.8 Å². The number of hydrogen-bond donors (Lipinski definition) is 1. The van der Waals surface area contributed by atoms with E-state index in [0.717, 1.165) is 24.9 Å². The Morgan fingerprint density at radius 1 is 1.38 bits per heavy atom. The van der Waals surface area contributed by atoms with Crippen molar-refractivity contribution in [1.82, 2.24) is 10.2 Å². The maximum Gasteiger partial charge on any atom is 0.236 e. The molecule has 13 heavy (non-hydrogen) atoms. The summed E-state index contributed by atoms with van der Waals surface area (Å²) in [6, 6.07) is 0.0417. The van der Waals surface area contributed by atoms with E-state index in [9.17, 15) is 4.79 Å². The van der Waals surface area contributed by atoms with Crippen molar-refractivity contribution in [3.8, 4) is 0 Å². The van der Waals surface area contributed by atoms with Crippen LogP contribution < -0.4 is 5.32 Å². The number of carbonyl (C=O) groups is 1. The summed E-state index contributed by atoms with van der Waals surface area (Å²) in [5, 5.41) is 2.68. The van der Waals surface area contributed by atoms with E-state index >= 15 is 0 Å². The van der Waals surface area contributed by atoms with Crippen LogP contribution in [0.2, 0.25) is 0 Å². The first-order valence-electron chi connectivity index (χ1n) is 5.02. The summed E-state index contributed by atoms with van der Waals surface area (Å²) < 4.78 is 0. The molecule has 1 amide bonds. The molecule has 1 atom stereocenters. The summed E-state index contributed by atoms with van der Waals surface area (Å²) in [7, 11) is 1.69. The molecular weight excluding hydrogens is 164 g/mol. The molecule has 0 aromatic rings. The van der Waals surface area contributed by atoms with Crippen LogP contribution in [0.4, 0.5) is 0 Å². The Bertz CT molecular complexity index is 185. The minimum Gasteiger partial charge on any atom is -0.358 e. The predicted molar refractivity (Wildman–Crippen MR) is 53.4 cm³/mol. The van der Waals surface area contributed by atoms with Crippen LogP contribution in [0, 0.1) is 11.8 Å². The van der Waals surface area contributed by atoms with Crippen molar-refractivity contribution in [3.63, 3.8) is 0 Å². The van der Waals surface area contributed by atoms with Gasteiger partial charge < -0.3 is 5.32 Å². The van der Waals surface area contributed by atoms with Gasteiger partial charge in [-0.3, -0.25) is 9.69 Å². The maximum absolute atomic E-state index is 11.3. The number of nitrogens with zero attached hydrogens (tertiary/aromatic N) is 1. The van der Waals surface area contributed by atoms with Gasteiger partial charge in [-0.15, -0.1) is 0 Å². The van der Waals surface area contributed by atoms with Gasteiger partial charge in [-0.25, -0.2) is 0 Å². The third kappa shape index (κ3) is 2.21. The Kier molecular flexibility index (Phi) is 3.31. The van der Waals surface area contributed by atoms with Crippen molar-refractivity contribution < 1.29 is 4.79 Å². The number of hydrogen-bond acceptors (Lipinski definition) is 2. The van der Waals surface area contributed by atoms with Crippen LogP contribution in [-0.2, 0) is 4.79 Å². The standard InChI is InChI=1S/C10H20N2O/c1-7(2)9-5-12(6-9)8(3)10(13)11-4/h7-9H,5-6H2,1-4H3,(H,11,13)/t8-/m1/s1. The highest BCUT2D eigenvalue weighted by Crippen LogP contribution is 2.24. The van der Waals surface area contributed by atoms with Crippen molar-refractivity contribution >= 4 is 5.91 Å². The molecule has 1 fully saturated rings. The third-order valence-electron chi connectivity index (χ3n) is 3.05. The predicted octanol–water partition coefficient (Wildman–Crippen LogP) is 0.709. The molecule has 0 radical (unpaired) electrons. The molecule has 0 saturated carbocycles. The Morgan fingerprint density at radius 3 is 2.31 bits per heavy atom. The first kappa shape index (κ1) is 10.5. The van der Waals surface area contributed by atoms with Crippen LogP contribution in [0.1, 0.15) is 20.8 Å². The zero-order chi connectivity index (χ0) is 10.0. The maximum atomic E-state index is 11.3. The van der Waals surface area contributed by atoms with E-state index in [-0.39, 0.29) is 11.9 Å². The zero-order valence-corrected chi connectivity index (χ0v) is 9.00. The van der Waals surface area contributed by atoms with E-state index in [2.05, 4.69) is 24.1 Å². The molecule has 0 aliphatic carbocycles. The van der Waals surface area contributed by atoms with Crippen LogP contribution in [0.3, 0.4) is 0 Å². The second kappa shape index (κ2) is 4.09. The van der Waals surface area contributed by atoms with Crippen LogP contribution in [0.15, 0.2) is 0 Å². The van der Waals surface area contributed by atoms with E-state index < -0.39 is 0 Å². The molecular formula is C10H20N2O. The fourth-order valence-electron chi connectivity index (χ4n) is 1.66. The van der Waals surface area contributed by atoms with Gasteiger partial charge in [0.05, 0.1) is 6.04 Å². The van der Waals surface area contributed by atoms with Gasteiger partial charge >= 0.3 is 0 Å². The first-order chi connectivity index (χ1) is 6.06. The summed E-state index contributed by atoms with van der Waals surface area (Å²) in [4.78, 5) is 13.5. The highest BCUT2D eigenvalue weighted by molar-refractivity contribution is 5.81. The number of amides is 1. The quantitative estimate of drug-likeness (QED) is 0.700. The Morgan fingerprint density at radius 2 is 1.92 bits per heavy atom. The third-order valence-corrected chi connectivity index (χ3v) is 3.05. The lowest BCUT2D eigenvalue weighted by molar-refractivity contribution is -0.128. The molecule has 1 saturated heterocycles. The molecule has 1 aliphatic rings. The topological polar surface area (TPSA) is 32.3 Å². The van der Waals surface area contributed by atoms with Gasteiger partial charge in [0.25, 0.3) is 0 Å². The fourth-order valence-corrected chi connectivity index (χ4v) is 1.66. The summed E-state index contributed by atoms with van der Waals surface area (Å²) in [6.45, 7) is 8.60. The highest BCUT2D eigenvalue weighted by atomic mass is 16.2. The lowest BCUT2D eigenvalue weighted by Crippen LogP contribution is -2.56. The fraction of sp³-hybridized carbons (Fsp3) is 0.900. The minimum atomic E-state index is 0.0417. The summed E-state index contributed by atoms with van der Waals surface area (Å²) >= 11 is 0. The highest BCUT2D eigenvalue weighted by Gasteiger charge is 2.34. The van der Waals surface area contributed by atoms with Gasteiger partial charge in [0.1, 0.15) is 0 Å². The molecule has 0 aromatic carbocycles. The normalized spacial score (nSPS) is 21.3. The molecule has 1 rings (SSSR count). The monoisotopic (exact) mass is 184 g/mol. The lowest BCUT2D eigenvalue weighted by atomic mass is 9.87. The molecule has 76 valence electrons. The van der Waals surface area contributed by atoms with E-state index in [1.165, 1.54) is 0 Å². The summed E-state index contributed by atoms with van der Waals surface area (Å²) in [5.74, 6) is 1.66. The van der Waals surface area contributed by atoms with Crippen LogP contribution in [-0.4, -0.2) is 37.0 Å². The molecule has 0 aromatic heterocycles. The Balaban J connectivity index is 2.30. The van der Waals surface area contributed by atoms with Crippen LogP contribution in [0.5, 0.6) is 0 Å². The van der Waals surface area contributed by atoms with Gasteiger partial charge in [0.15, 0.2) is 0 Å². The van der Waals surface area contributed by atoms with Gasteiger partial charge in [-0.2, -0.15) is 0 Å². The van der Waals surface area contributed by atoms with E-state index in [1.54, 1.807) is 7.05 Å². The van der Waals surface area contributed by atoms with Crippen LogP contribution >= 0.6 is 0 Å². The SMILES string of the molecule is CNC(=O)[C@@H](C)N1CC(C(C)C)C1. The number of rotatable bonds is 3. The van der Waals surface area contributed by atoms with E-state index in [1.807, 2.05) is 6.92 Å². The molecule has 1 heterocycles. The molecule has 0 spiro atoms. The van der Waals surface area contributed by atoms with E-state index in [4.69, 9.17) is 0 Å². The zero-order valence-electron chi connectivity index (χ0n) is 9.00. The molecule has 3 nitrogen and oxygen atoms in total. The summed E-state index contributed by atoms with van der Waals surface area (Å²) in [6.07, 6.45) is 0. The minimum absolute atomic E-state index is 0.0417. The molecule has 0 unspecified atom stereocenters. The average Bonchev–Trinajstić information content (AvgIpc) is 1.99. The van der Waals surface area contributed by atoms with Gasteiger partial charge in [0.2, 0.25) is 5.91 Å². The number of carbonyl (C=O) groups excluding carboxylic acids is 1. The largest absolute Gasteiger partial charge is 0.358 e. The molecule has 3 heteroatoms. The smallest absolute Gasteiger partial charge is 0.236 e. The van der Waals surface area contributed by atoms with Crippen molar-refractivity contribution in [1.29, 1.82) is 0 Å². The average molecular weight is 184 g/mol. The second-order valence-corrected chi connectivity index (χ2v) is 4.25. The Hall–Kier alpha value is -0.570. The summed E-state index contributed by atoms with van der Waals surface area (Å²) in [5.41, 5.74) is 0. The van der Waals surface area contributed by atoms with Gasteiger partial charge in [0, 0.05) is 20.1 Å². The van der Waals surface area contributed by atoms with Crippen molar-refractivity contribution in [2.24, 2.45) is 11.8 Å². The van der Waals surface area contributed by atoms with Gasteiger partial charge in [-0.05, 0) is 18.8 Å². The van der Waals surface area contributed by atoms with Crippen molar-refractivity contribution in [3.05, 3.63) is 0 Å². The number of likely N-dealkylation sites (tertiary alicyclic amines) is 1. The van der Waals surface area contributed by atoms with Crippen LogP contribution in [0.25, 0.3) is 0 Å². The van der Waals surface area contributed by atoms with Crippen molar-refractivity contribution in [2.75, 3.05) is 20.1 Å². The van der Waals surface area contributed by atoms with E-state index in [0.29, 0.717) is 0 Å². The lowest BCUT2D eigenvalue weighted by Gasteiger charge is -2.44. The first-order valence-corrected chi connectivity index (χ1v) is 5.02. The molecule has 1 aliphatic heterocycles. The molecule has 1 N–H and O–H groups in total. The second-order valence-electron chi connectivity index (χ2n) is 4.25.